The summed E-state index contributed by atoms with van der Waals surface area (Å²) in [6.07, 6.45) is 1.54. The lowest BCUT2D eigenvalue weighted by atomic mass is 9.88. The lowest BCUT2D eigenvalue weighted by molar-refractivity contribution is 0.501. The molecule has 1 rings (SSSR count). The Hall–Kier alpha value is -1.47. The van der Waals surface area contributed by atoms with E-state index < -0.39 is 0 Å². The molecule has 0 aliphatic rings. The highest BCUT2D eigenvalue weighted by molar-refractivity contribution is 5.33. The summed E-state index contributed by atoms with van der Waals surface area (Å²) in [6, 6.07) is 6.32. The van der Waals surface area contributed by atoms with Crippen molar-refractivity contribution >= 4 is 6.08 Å². The molecule has 1 aromatic carbocycles. The summed E-state index contributed by atoms with van der Waals surface area (Å²) < 4.78 is 12.7. The summed E-state index contributed by atoms with van der Waals surface area (Å²) in [7, 11) is 0. The van der Waals surface area contributed by atoms with Crippen LogP contribution in [0.3, 0.4) is 0 Å². The van der Waals surface area contributed by atoms with E-state index in [-0.39, 0.29) is 11.7 Å². The van der Waals surface area contributed by atoms with E-state index in [0.717, 1.165) is 5.56 Å². The van der Waals surface area contributed by atoms with Gasteiger partial charge in [0.05, 0.1) is 6.54 Å². The first-order valence-corrected chi connectivity index (χ1v) is 4.94. The van der Waals surface area contributed by atoms with E-state index in [9.17, 15) is 9.18 Å². The van der Waals surface area contributed by atoms with Crippen molar-refractivity contribution in [3.05, 3.63) is 35.6 Å². The zero-order valence-electron chi connectivity index (χ0n) is 8.90. The number of nitrogens with zero attached hydrogens (tertiary/aromatic N) is 1. The third kappa shape index (κ3) is 3.30. The highest BCUT2D eigenvalue weighted by atomic mass is 19.1. The van der Waals surface area contributed by atoms with E-state index in [1.165, 1.54) is 18.2 Å². The first-order chi connectivity index (χ1) is 7.15. The number of hydrogen-bond donors (Lipinski definition) is 0. The predicted octanol–water partition coefficient (Wildman–Crippen LogP) is 2.90. The van der Waals surface area contributed by atoms with E-state index in [2.05, 4.69) is 4.99 Å². The smallest absolute Gasteiger partial charge is 0.211 e. The third-order valence-corrected chi connectivity index (χ3v) is 2.46. The number of benzene rings is 1. The molecule has 2 nitrogen and oxygen atoms in total. The van der Waals surface area contributed by atoms with Gasteiger partial charge in [-0.1, -0.05) is 26.0 Å². The molecule has 0 fully saturated rings. The fourth-order valence-corrected chi connectivity index (χ4v) is 1.55. The van der Waals surface area contributed by atoms with E-state index in [4.69, 9.17) is 0 Å². The van der Waals surface area contributed by atoms with Crippen molar-refractivity contribution in [1.82, 2.24) is 0 Å². The van der Waals surface area contributed by atoms with Crippen LogP contribution in [-0.4, -0.2) is 12.6 Å². The van der Waals surface area contributed by atoms with Gasteiger partial charge in [0.15, 0.2) is 0 Å². The molecule has 1 atom stereocenters. The van der Waals surface area contributed by atoms with Gasteiger partial charge in [-0.2, -0.15) is 0 Å². The van der Waals surface area contributed by atoms with E-state index in [0.29, 0.717) is 12.5 Å². The summed E-state index contributed by atoms with van der Waals surface area (Å²) >= 11 is 0. The maximum atomic E-state index is 12.7. The number of hydrogen-bond acceptors (Lipinski definition) is 2. The van der Waals surface area contributed by atoms with Gasteiger partial charge in [-0.15, -0.1) is 0 Å². The van der Waals surface area contributed by atoms with Gasteiger partial charge >= 0.3 is 0 Å². The number of halogens is 1. The molecule has 0 amide bonds. The number of isocyanates is 1. The van der Waals surface area contributed by atoms with Gasteiger partial charge in [-0.25, -0.2) is 14.2 Å². The SMILES string of the molecule is CC(C)C(CN=C=O)c1ccc(F)cc1. The zero-order valence-corrected chi connectivity index (χ0v) is 8.90. The summed E-state index contributed by atoms with van der Waals surface area (Å²) in [6.45, 7) is 4.51. The molecule has 1 unspecified atom stereocenters. The molecule has 1 aromatic rings. The Morgan fingerprint density at radius 2 is 1.93 bits per heavy atom. The normalized spacial score (nSPS) is 12.3. The summed E-state index contributed by atoms with van der Waals surface area (Å²) in [5.41, 5.74) is 1.01. The van der Waals surface area contributed by atoms with Crippen molar-refractivity contribution in [3.8, 4) is 0 Å². The largest absolute Gasteiger partial charge is 0.234 e. The quantitative estimate of drug-likeness (QED) is 0.551. The molecule has 0 N–H and O–H groups in total. The van der Waals surface area contributed by atoms with Gasteiger partial charge in [0.25, 0.3) is 0 Å². The van der Waals surface area contributed by atoms with E-state index in [1.807, 2.05) is 13.8 Å². The maximum Gasteiger partial charge on any atom is 0.234 e. The van der Waals surface area contributed by atoms with E-state index in [1.54, 1.807) is 12.1 Å². The number of carbonyl (C=O) groups excluding carboxylic acids is 1. The number of aliphatic imine (C=N–C) groups is 1. The first-order valence-electron chi connectivity index (χ1n) is 4.94. The van der Waals surface area contributed by atoms with Gasteiger partial charge in [-0.05, 0) is 23.6 Å². The Morgan fingerprint density at radius 1 is 1.33 bits per heavy atom. The second-order valence-corrected chi connectivity index (χ2v) is 3.83. The summed E-state index contributed by atoms with van der Waals surface area (Å²) in [5, 5.41) is 0. The zero-order chi connectivity index (χ0) is 11.3. The second-order valence-electron chi connectivity index (χ2n) is 3.83. The molecule has 0 saturated carbocycles. The van der Waals surface area contributed by atoms with Crippen molar-refractivity contribution in [1.29, 1.82) is 0 Å². The van der Waals surface area contributed by atoms with Crippen LogP contribution in [0.5, 0.6) is 0 Å². The van der Waals surface area contributed by atoms with Crippen LogP contribution in [0.2, 0.25) is 0 Å². The molecule has 0 saturated heterocycles. The molecule has 0 aliphatic heterocycles. The molecular formula is C12H14FNO. The average molecular weight is 207 g/mol. The topological polar surface area (TPSA) is 29.4 Å². The number of rotatable bonds is 4. The van der Waals surface area contributed by atoms with E-state index >= 15 is 0 Å². The molecule has 0 radical (unpaired) electrons. The van der Waals surface area contributed by atoms with Crippen LogP contribution in [0.15, 0.2) is 29.3 Å². The minimum Gasteiger partial charge on any atom is -0.211 e. The minimum atomic E-state index is -0.250. The Bertz CT molecular complexity index is 352. The van der Waals surface area contributed by atoms with Crippen LogP contribution in [0, 0.1) is 11.7 Å². The van der Waals surface area contributed by atoms with Crippen molar-refractivity contribution in [2.24, 2.45) is 10.9 Å². The molecule has 0 aliphatic carbocycles. The van der Waals surface area contributed by atoms with Crippen molar-refractivity contribution in [2.75, 3.05) is 6.54 Å². The summed E-state index contributed by atoms with van der Waals surface area (Å²) in [5.74, 6) is 0.250. The van der Waals surface area contributed by atoms with Crippen LogP contribution in [0.1, 0.15) is 25.3 Å². The van der Waals surface area contributed by atoms with Crippen LogP contribution in [0.25, 0.3) is 0 Å². The Kier molecular flexibility index (Phi) is 4.19. The van der Waals surface area contributed by atoms with Gasteiger partial charge in [0.2, 0.25) is 6.08 Å². The fourth-order valence-electron chi connectivity index (χ4n) is 1.55. The molecule has 0 aromatic heterocycles. The lowest BCUT2D eigenvalue weighted by Crippen LogP contribution is -2.10. The van der Waals surface area contributed by atoms with Crippen LogP contribution in [0.4, 0.5) is 4.39 Å². The van der Waals surface area contributed by atoms with Crippen LogP contribution in [-0.2, 0) is 4.79 Å². The average Bonchev–Trinajstić information content (AvgIpc) is 2.21. The maximum absolute atomic E-state index is 12.7. The molecule has 15 heavy (non-hydrogen) atoms. The molecule has 80 valence electrons. The second kappa shape index (κ2) is 5.42. The first kappa shape index (κ1) is 11.6. The van der Waals surface area contributed by atoms with Gasteiger partial charge in [0.1, 0.15) is 5.82 Å². The van der Waals surface area contributed by atoms with Gasteiger partial charge in [0, 0.05) is 5.92 Å². The van der Waals surface area contributed by atoms with Crippen LogP contribution >= 0.6 is 0 Å². The predicted molar refractivity (Wildman–Crippen MR) is 57.0 cm³/mol. The monoisotopic (exact) mass is 207 g/mol. The minimum absolute atomic E-state index is 0.145. The Balaban J connectivity index is 2.88. The molecule has 3 heteroatoms. The highest BCUT2D eigenvalue weighted by Crippen LogP contribution is 2.24. The van der Waals surface area contributed by atoms with Crippen molar-refractivity contribution in [3.63, 3.8) is 0 Å². The Labute approximate surface area is 88.8 Å². The standard InChI is InChI=1S/C12H14FNO/c1-9(2)12(7-14-8-15)10-3-5-11(13)6-4-10/h3-6,9,12H,7H2,1-2H3. The Morgan fingerprint density at radius 3 is 2.40 bits per heavy atom. The summed E-state index contributed by atoms with van der Waals surface area (Å²) in [4.78, 5) is 13.7. The van der Waals surface area contributed by atoms with Crippen molar-refractivity contribution < 1.29 is 9.18 Å². The third-order valence-electron chi connectivity index (χ3n) is 2.46. The van der Waals surface area contributed by atoms with Gasteiger partial charge in [-0.3, -0.25) is 0 Å². The molecular weight excluding hydrogens is 193 g/mol. The van der Waals surface area contributed by atoms with Crippen LogP contribution < -0.4 is 0 Å². The molecule has 0 heterocycles. The molecule has 0 bridgehead atoms. The lowest BCUT2D eigenvalue weighted by Gasteiger charge is -2.18. The van der Waals surface area contributed by atoms with Gasteiger partial charge < -0.3 is 0 Å². The van der Waals surface area contributed by atoms with Crippen molar-refractivity contribution in [2.45, 2.75) is 19.8 Å². The highest BCUT2D eigenvalue weighted by Gasteiger charge is 2.15. The fraction of sp³-hybridized carbons (Fsp3) is 0.417. The molecule has 0 spiro atoms.